The molecule has 1 unspecified atom stereocenters. The van der Waals surface area contributed by atoms with E-state index < -0.39 is 5.79 Å². The van der Waals surface area contributed by atoms with Gasteiger partial charge in [-0.25, -0.2) is 0 Å². The summed E-state index contributed by atoms with van der Waals surface area (Å²) in [5, 5.41) is 0. The molecule has 0 spiro atoms. The summed E-state index contributed by atoms with van der Waals surface area (Å²) in [5.74, 6) is -0.346. The smallest absolute Gasteiger partial charge is 0.171 e. The Morgan fingerprint density at radius 1 is 1.00 bits per heavy atom. The zero-order chi connectivity index (χ0) is 17.1. The first-order valence-corrected chi connectivity index (χ1v) is 8.94. The van der Waals surface area contributed by atoms with E-state index in [2.05, 4.69) is 37.8 Å². The van der Waals surface area contributed by atoms with Gasteiger partial charge in [0.25, 0.3) is 0 Å². The van der Waals surface area contributed by atoms with Crippen LogP contribution in [0.25, 0.3) is 6.08 Å². The summed E-state index contributed by atoms with van der Waals surface area (Å²) in [6.45, 7) is 8.12. The van der Waals surface area contributed by atoms with Gasteiger partial charge in [0.1, 0.15) is 0 Å². The Balaban J connectivity index is 2.74. The maximum atomic E-state index is 5.71. The van der Waals surface area contributed by atoms with Crippen molar-refractivity contribution in [2.45, 2.75) is 70.5 Å². The van der Waals surface area contributed by atoms with Crippen molar-refractivity contribution in [2.24, 2.45) is 0 Å². The Hall–Kier alpha value is -1.12. The SMILES string of the molecule is C=Cc1ccc(C(CCCCCCCC)C(C)(OC)OC)cc1. The molecule has 0 bridgehead atoms. The van der Waals surface area contributed by atoms with Crippen molar-refractivity contribution < 1.29 is 9.47 Å². The highest BCUT2D eigenvalue weighted by molar-refractivity contribution is 5.47. The molecule has 1 aromatic rings. The lowest BCUT2D eigenvalue weighted by molar-refractivity contribution is -0.210. The van der Waals surface area contributed by atoms with Crippen molar-refractivity contribution in [3.63, 3.8) is 0 Å². The molecule has 130 valence electrons. The molecule has 0 aromatic heterocycles. The van der Waals surface area contributed by atoms with Crippen LogP contribution in [0.3, 0.4) is 0 Å². The van der Waals surface area contributed by atoms with Gasteiger partial charge in [-0.2, -0.15) is 0 Å². The zero-order valence-electron chi connectivity index (χ0n) is 15.4. The van der Waals surface area contributed by atoms with Crippen molar-refractivity contribution in [2.75, 3.05) is 14.2 Å². The number of hydrogen-bond acceptors (Lipinski definition) is 2. The molecular weight excluding hydrogens is 284 g/mol. The van der Waals surface area contributed by atoms with Crippen LogP contribution < -0.4 is 0 Å². The number of methoxy groups -OCH3 is 2. The zero-order valence-corrected chi connectivity index (χ0v) is 15.4. The Kier molecular flexibility index (Phi) is 9.20. The van der Waals surface area contributed by atoms with Crippen LogP contribution in [0.2, 0.25) is 0 Å². The highest BCUT2D eigenvalue weighted by Crippen LogP contribution is 2.36. The van der Waals surface area contributed by atoms with Crippen LogP contribution in [-0.4, -0.2) is 20.0 Å². The molecular formula is C21H34O2. The van der Waals surface area contributed by atoms with E-state index in [0.717, 1.165) is 12.0 Å². The van der Waals surface area contributed by atoms with Crippen LogP contribution in [0.5, 0.6) is 0 Å². The molecule has 0 radical (unpaired) electrons. The maximum absolute atomic E-state index is 5.71. The van der Waals surface area contributed by atoms with Crippen molar-refractivity contribution in [3.8, 4) is 0 Å². The van der Waals surface area contributed by atoms with Crippen LogP contribution in [-0.2, 0) is 9.47 Å². The van der Waals surface area contributed by atoms with Crippen LogP contribution >= 0.6 is 0 Å². The fourth-order valence-corrected chi connectivity index (χ4v) is 3.09. The van der Waals surface area contributed by atoms with Crippen LogP contribution in [0, 0.1) is 0 Å². The summed E-state index contributed by atoms with van der Waals surface area (Å²) >= 11 is 0. The van der Waals surface area contributed by atoms with Crippen LogP contribution in [0.15, 0.2) is 30.8 Å². The molecule has 0 aliphatic heterocycles. The monoisotopic (exact) mass is 318 g/mol. The second-order valence-electron chi connectivity index (χ2n) is 6.40. The second kappa shape index (κ2) is 10.6. The number of hydrogen-bond donors (Lipinski definition) is 0. The molecule has 2 nitrogen and oxygen atoms in total. The quantitative estimate of drug-likeness (QED) is 0.339. The summed E-state index contributed by atoms with van der Waals surface area (Å²) in [6, 6.07) is 8.58. The average molecular weight is 319 g/mol. The molecule has 0 saturated carbocycles. The predicted molar refractivity (Wildman–Crippen MR) is 99.7 cm³/mol. The van der Waals surface area contributed by atoms with Gasteiger partial charge in [-0.3, -0.25) is 0 Å². The van der Waals surface area contributed by atoms with E-state index in [1.54, 1.807) is 14.2 Å². The van der Waals surface area contributed by atoms with E-state index in [4.69, 9.17) is 9.47 Å². The number of benzene rings is 1. The first-order valence-electron chi connectivity index (χ1n) is 8.94. The second-order valence-corrected chi connectivity index (χ2v) is 6.40. The first kappa shape index (κ1) is 19.9. The summed E-state index contributed by atoms with van der Waals surface area (Å²) in [7, 11) is 3.46. The molecule has 0 heterocycles. The van der Waals surface area contributed by atoms with Gasteiger partial charge in [-0.1, -0.05) is 82.4 Å². The van der Waals surface area contributed by atoms with E-state index >= 15 is 0 Å². The fourth-order valence-electron chi connectivity index (χ4n) is 3.09. The minimum absolute atomic E-state index is 0.238. The van der Waals surface area contributed by atoms with Gasteiger partial charge in [0.2, 0.25) is 0 Å². The molecule has 0 aliphatic carbocycles. The van der Waals surface area contributed by atoms with E-state index in [9.17, 15) is 0 Å². The first-order chi connectivity index (χ1) is 11.1. The van der Waals surface area contributed by atoms with Gasteiger partial charge in [-0.05, 0) is 24.5 Å². The molecule has 0 saturated heterocycles. The molecule has 0 amide bonds. The number of unbranched alkanes of at least 4 members (excludes halogenated alkanes) is 5. The molecule has 1 rings (SSSR count). The van der Waals surface area contributed by atoms with Gasteiger partial charge >= 0.3 is 0 Å². The number of rotatable bonds is 12. The van der Waals surface area contributed by atoms with Gasteiger partial charge in [0.05, 0.1) is 0 Å². The molecule has 0 N–H and O–H groups in total. The Morgan fingerprint density at radius 2 is 1.57 bits per heavy atom. The van der Waals surface area contributed by atoms with E-state index in [-0.39, 0.29) is 5.92 Å². The third kappa shape index (κ3) is 6.12. The van der Waals surface area contributed by atoms with Crippen molar-refractivity contribution in [3.05, 3.63) is 42.0 Å². The van der Waals surface area contributed by atoms with E-state index in [0.29, 0.717) is 0 Å². The Morgan fingerprint density at radius 3 is 2.09 bits per heavy atom. The van der Waals surface area contributed by atoms with E-state index in [1.807, 2.05) is 13.0 Å². The fraction of sp³-hybridized carbons (Fsp3) is 0.619. The molecule has 0 aliphatic rings. The van der Waals surface area contributed by atoms with E-state index in [1.165, 1.54) is 44.1 Å². The van der Waals surface area contributed by atoms with Crippen molar-refractivity contribution >= 4 is 6.08 Å². The summed E-state index contributed by atoms with van der Waals surface area (Å²) in [6.07, 6.45) is 10.8. The Labute approximate surface area is 142 Å². The van der Waals surface area contributed by atoms with Crippen LogP contribution in [0.1, 0.15) is 75.8 Å². The highest BCUT2D eigenvalue weighted by Gasteiger charge is 2.35. The number of ether oxygens (including phenoxy) is 2. The average Bonchev–Trinajstić information content (AvgIpc) is 2.60. The van der Waals surface area contributed by atoms with Gasteiger partial charge < -0.3 is 9.47 Å². The third-order valence-electron chi connectivity index (χ3n) is 4.86. The lowest BCUT2D eigenvalue weighted by atomic mass is 9.86. The minimum atomic E-state index is -0.584. The standard InChI is InChI=1S/C21H34O2/c1-6-8-9-10-11-12-13-20(21(3,22-4)23-5)19-16-14-18(7-2)15-17-19/h7,14-17,20H,2,6,8-13H2,1,3-5H3. The lowest BCUT2D eigenvalue weighted by Crippen LogP contribution is -2.37. The molecule has 1 aromatic carbocycles. The summed E-state index contributed by atoms with van der Waals surface area (Å²) in [5.41, 5.74) is 2.42. The lowest BCUT2D eigenvalue weighted by Gasteiger charge is -2.35. The van der Waals surface area contributed by atoms with Gasteiger partial charge in [-0.15, -0.1) is 0 Å². The minimum Gasteiger partial charge on any atom is -0.353 e. The normalized spacial score (nSPS) is 13.0. The largest absolute Gasteiger partial charge is 0.353 e. The topological polar surface area (TPSA) is 18.5 Å². The highest BCUT2D eigenvalue weighted by atomic mass is 16.7. The van der Waals surface area contributed by atoms with Crippen molar-refractivity contribution in [1.82, 2.24) is 0 Å². The molecule has 2 heteroatoms. The summed E-state index contributed by atoms with van der Waals surface area (Å²) < 4.78 is 11.4. The van der Waals surface area contributed by atoms with Crippen molar-refractivity contribution in [1.29, 1.82) is 0 Å². The maximum Gasteiger partial charge on any atom is 0.171 e. The van der Waals surface area contributed by atoms with Crippen LogP contribution in [0.4, 0.5) is 0 Å². The van der Waals surface area contributed by atoms with Gasteiger partial charge in [0.15, 0.2) is 5.79 Å². The molecule has 0 fully saturated rings. The molecule has 1 atom stereocenters. The summed E-state index contributed by atoms with van der Waals surface area (Å²) in [4.78, 5) is 0. The van der Waals surface area contributed by atoms with Gasteiger partial charge in [0, 0.05) is 20.1 Å². The third-order valence-corrected chi connectivity index (χ3v) is 4.86. The Bertz CT molecular complexity index is 432. The predicted octanol–water partition coefficient (Wildman–Crippen LogP) is 6.17. The molecule has 23 heavy (non-hydrogen) atoms.